The van der Waals surface area contributed by atoms with Gasteiger partial charge in [0.2, 0.25) is 0 Å². The van der Waals surface area contributed by atoms with Crippen molar-refractivity contribution in [3.63, 3.8) is 0 Å². The zero-order valence-electron chi connectivity index (χ0n) is 89.2. The van der Waals surface area contributed by atoms with Gasteiger partial charge in [-0.3, -0.25) is 57.5 Å². The number of hydrogen-bond donors (Lipinski definition) is 2. The Morgan fingerprint density at radius 3 is 0.605 bits per heavy atom. The van der Waals surface area contributed by atoms with E-state index in [1.807, 2.05) is 66.7 Å². The molecule has 0 fully saturated rings. The molecule has 0 saturated heterocycles. The van der Waals surface area contributed by atoms with Crippen LogP contribution in [0.1, 0.15) is 248 Å². The number of rotatable bonds is 59. The summed E-state index contributed by atoms with van der Waals surface area (Å²) in [5.41, 5.74) is 5.70. The summed E-state index contributed by atoms with van der Waals surface area (Å²) in [5, 5.41) is 17.0. The number of ketones is 4. The monoisotopic (exact) mass is 2060 g/mol. The number of carbonyl (C=O) groups is 12. The maximum atomic E-state index is 12.2. The number of benzene rings is 8. The Morgan fingerprint density at radius 1 is 0.197 bits per heavy atom. The number of esters is 5. The first-order chi connectivity index (χ1) is 70.8. The number of Topliss-reactive ketones (excluding diaryl/α,β-unsaturated/α-hetero) is 4. The molecule has 8 aromatic rings. The van der Waals surface area contributed by atoms with Crippen molar-refractivity contribution in [2.75, 3.05) is 149 Å². The van der Waals surface area contributed by atoms with Gasteiger partial charge in [-0.2, -0.15) is 0 Å². The second-order valence-electron chi connectivity index (χ2n) is 31.9. The highest BCUT2D eigenvalue weighted by Gasteiger charge is 2.21. The van der Waals surface area contributed by atoms with Crippen molar-refractivity contribution in [2.45, 2.75) is 199 Å². The maximum absolute atomic E-state index is 12.2. The van der Waals surface area contributed by atoms with Crippen LogP contribution in [-0.4, -0.2) is 231 Å². The zero-order chi connectivity index (χ0) is 110. The van der Waals surface area contributed by atoms with Crippen molar-refractivity contribution < 1.29 is 167 Å². The van der Waals surface area contributed by atoms with Crippen molar-refractivity contribution in [1.29, 1.82) is 0 Å². The average Bonchev–Trinajstić information content (AvgIpc) is 0.831. The van der Waals surface area contributed by atoms with Gasteiger partial charge >= 0.3 is 41.8 Å². The molecule has 0 aromatic heterocycles. The summed E-state index contributed by atoms with van der Waals surface area (Å²) >= 11 is 0. The topological polar surface area (TPSA) is 439 Å². The first-order valence-electron chi connectivity index (χ1n) is 47.9. The molecule has 35 heteroatoms. The van der Waals surface area contributed by atoms with Crippen molar-refractivity contribution in [3.8, 4) is 92.0 Å². The molecule has 0 saturated carbocycles. The second kappa shape index (κ2) is 79.6. The van der Waals surface area contributed by atoms with E-state index in [1.54, 1.807) is 143 Å². The van der Waals surface area contributed by atoms with Crippen molar-refractivity contribution in [1.82, 2.24) is 0 Å². The average molecular weight is 2060 g/mol. The Balaban J connectivity index is 0.000000844. The smallest absolute Gasteiger partial charge is 0.305 e. The van der Waals surface area contributed by atoms with E-state index in [0.717, 1.165) is 135 Å². The van der Waals surface area contributed by atoms with E-state index in [9.17, 15) is 57.5 Å². The number of carbonyl (C=O) groups excluding carboxylic acids is 10. The standard InChI is InChI=1S/C16H22O5.2C15H20O5.2C15H22O4.2C14H18O5.C8H10O2/c1-19-14-10-13(11-17)15(20-2)9-12(14)7-5-4-6-8-16(18)21-3;2*1-18-11-8-9-14(19-2)12(10-11)13(16)6-4-5-7-15(17)20-3;2*1-17-13-9-10-14(18-2)12(11-13)7-5-4-6-8-15(16)19-3;2*1-18-10-7-8-13(19-2)11(9-10)12(15)5-3-4-6-14(16)17;1-9-7-3-5-8(10-2)6-4-7/h9-11H,4-8H2,1-3H3;2*8-10H,4-7H2,1-3H3;2*9-11H,4-8H2,1-3H3;2*7-9H,3-6H2,1-2H3,(H,16,17);3-6H,1-2H3. The number of aldehydes is 1. The van der Waals surface area contributed by atoms with Crippen molar-refractivity contribution in [2.24, 2.45) is 0 Å². The summed E-state index contributed by atoms with van der Waals surface area (Å²) in [6.07, 6.45) is 20.0. The normalized spacial score (nSPS) is 9.94. The van der Waals surface area contributed by atoms with Crippen LogP contribution in [0.3, 0.4) is 0 Å². The lowest BCUT2D eigenvalue weighted by molar-refractivity contribution is -0.141. The fraction of sp³-hybridized carbons (Fsp3) is 0.464. The lowest BCUT2D eigenvalue weighted by atomic mass is 10.0. The minimum absolute atomic E-state index is 0.0226. The first-order valence-corrected chi connectivity index (χ1v) is 47.9. The van der Waals surface area contributed by atoms with Gasteiger partial charge < -0.3 is 110 Å². The molecule has 810 valence electrons. The molecule has 0 aliphatic carbocycles. The molecule has 0 amide bonds. The Morgan fingerprint density at radius 2 is 0.395 bits per heavy atom. The number of carboxylic acid groups (broad SMARTS) is 2. The molecular weight excluding hydrogens is 1910 g/mol. The molecule has 35 nitrogen and oxygen atoms in total. The van der Waals surface area contributed by atoms with Gasteiger partial charge in [-0.1, -0.05) is 19.3 Å². The molecule has 8 rings (SSSR count). The predicted octanol–water partition coefficient (Wildman–Crippen LogP) is 20.8. The molecule has 0 heterocycles. The molecular formula is C112H152O35. The lowest BCUT2D eigenvalue weighted by Gasteiger charge is -2.12. The number of aliphatic carboxylic acids is 2. The van der Waals surface area contributed by atoms with E-state index >= 15 is 0 Å². The van der Waals surface area contributed by atoms with Crippen LogP contribution in [-0.2, 0) is 76.5 Å². The fourth-order valence-corrected chi connectivity index (χ4v) is 13.8. The summed E-state index contributed by atoms with van der Waals surface area (Å²) in [6, 6.07) is 42.9. The molecule has 2 N–H and O–H groups in total. The highest BCUT2D eigenvalue weighted by atomic mass is 16.6. The number of ether oxygens (including phenoxy) is 21. The molecule has 147 heavy (non-hydrogen) atoms. The zero-order valence-corrected chi connectivity index (χ0v) is 89.2. The third-order valence-electron chi connectivity index (χ3n) is 22.1. The van der Waals surface area contributed by atoms with Gasteiger partial charge in [0, 0.05) is 70.6 Å². The van der Waals surface area contributed by atoms with Gasteiger partial charge in [0.15, 0.2) is 29.4 Å². The van der Waals surface area contributed by atoms with E-state index in [2.05, 4.69) is 23.7 Å². The number of carboxylic acids is 2. The SMILES string of the molecule is COC(=O)CCCCC(=O)c1cc(OC)ccc1OC.COC(=O)CCCCC(=O)c1cc(OC)ccc1OC.COC(=O)CCCCCc1cc(OC)c(C=O)cc1OC.COC(=O)CCCCCc1cc(OC)ccc1OC.COC(=O)CCCCCc1cc(OC)ccc1OC.COc1ccc(OC)c(C(=O)CCCCC(=O)O)c1.COc1ccc(OC)c(C(=O)CCCCC(=O)O)c1.COc1ccc(OC)cc1. The quantitative estimate of drug-likeness (QED) is 0.0117. The van der Waals surface area contributed by atoms with Crippen LogP contribution in [0, 0.1) is 0 Å². The van der Waals surface area contributed by atoms with Crippen LogP contribution in [0.2, 0.25) is 0 Å². The Labute approximate surface area is 864 Å². The van der Waals surface area contributed by atoms with Crippen LogP contribution < -0.4 is 75.8 Å². The summed E-state index contributed by atoms with van der Waals surface area (Å²) in [5.74, 6) is 8.03. The molecule has 0 spiro atoms. The van der Waals surface area contributed by atoms with Gasteiger partial charge in [0.1, 0.15) is 92.0 Å². The van der Waals surface area contributed by atoms with Gasteiger partial charge in [-0.15, -0.1) is 0 Å². The van der Waals surface area contributed by atoms with Crippen LogP contribution in [0.15, 0.2) is 146 Å². The molecule has 0 bridgehead atoms. The molecule has 0 unspecified atom stereocenters. The predicted molar refractivity (Wildman–Crippen MR) is 555 cm³/mol. The fourth-order valence-electron chi connectivity index (χ4n) is 13.8. The van der Waals surface area contributed by atoms with E-state index < -0.39 is 11.9 Å². The van der Waals surface area contributed by atoms with Crippen molar-refractivity contribution >= 4 is 71.2 Å². The van der Waals surface area contributed by atoms with Gasteiger partial charge in [0.05, 0.1) is 177 Å². The van der Waals surface area contributed by atoms with E-state index in [4.69, 9.17) is 86.0 Å². The highest BCUT2D eigenvalue weighted by Crippen LogP contribution is 2.34. The third-order valence-corrected chi connectivity index (χ3v) is 22.1. The largest absolute Gasteiger partial charge is 0.497 e. The molecule has 0 aliphatic heterocycles. The molecule has 0 atom stereocenters. The minimum atomic E-state index is -0.841. The summed E-state index contributed by atoms with van der Waals surface area (Å²) in [6.45, 7) is 0. The lowest BCUT2D eigenvalue weighted by Crippen LogP contribution is -2.04. The molecule has 8 aromatic carbocycles. The number of methoxy groups -OCH3 is 21. The third kappa shape index (κ3) is 54.1. The summed E-state index contributed by atoms with van der Waals surface area (Å²) < 4.78 is 105. The van der Waals surface area contributed by atoms with E-state index in [-0.39, 0.29) is 65.8 Å². The van der Waals surface area contributed by atoms with Crippen LogP contribution in [0.5, 0.6) is 92.0 Å². The molecule has 0 radical (unpaired) electrons. The number of aryl methyl sites for hydroxylation is 3. The highest BCUT2D eigenvalue weighted by molar-refractivity contribution is 6.01. The van der Waals surface area contributed by atoms with Gasteiger partial charge in [-0.25, -0.2) is 0 Å². The first kappa shape index (κ1) is 130. The van der Waals surface area contributed by atoms with Crippen LogP contribution in [0.25, 0.3) is 0 Å². The van der Waals surface area contributed by atoms with E-state index in [0.29, 0.717) is 194 Å². The number of unbranched alkanes of at least 4 members (excludes halogenated alkanes) is 10. The second-order valence-corrected chi connectivity index (χ2v) is 31.9. The summed E-state index contributed by atoms with van der Waals surface area (Å²) in [7, 11) is 32.2. The Kier molecular flexibility index (Phi) is 70.5. The van der Waals surface area contributed by atoms with E-state index in [1.165, 1.54) is 85.3 Å². The minimum Gasteiger partial charge on any atom is -0.497 e. The van der Waals surface area contributed by atoms with Gasteiger partial charge in [0.25, 0.3) is 0 Å². The molecule has 0 aliphatic rings. The summed E-state index contributed by atoms with van der Waals surface area (Å²) in [4.78, 5) is 135. The van der Waals surface area contributed by atoms with Crippen LogP contribution in [0.4, 0.5) is 0 Å². The Bertz CT molecular complexity index is 4940. The van der Waals surface area contributed by atoms with Crippen molar-refractivity contribution in [3.05, 3.63) is 190 Å². The number of hydrogen-bond acceptors (Lipinski definition) is 33. The van der Waals surface area contributed by atoms with Crippen LogP contribution >= 0.6 is 0 Å². The van der Waals surface area contributed by atoms with Gasteiger partial charge in [-0.05, 0) is 271 Å². The maximum Gasteiger partial charge on any atom is 0.305 e. The Hall–Kier alpha value is -14.8.